The lowest BCUT2D eigenvalue weighted by molar-refractivity contribution is 0.405. The molecule has 3 aromatic rings. The predicted molar refractivity (Wildman–Crippen MR) is 116 cm³/mol. The molecule has 0 radical (unpaired) electrons. The maximum absolute atomic E-state index is 13.4. The van der Waals surface area contributed by atoms with E-state index in [2.05, 4.69) is 9.82 Å². The van der Waals surface area contributed by atoms with Crippen molar-refractivity contribution in [3.8, 4) is 22.8 Å². The van der Waals surface area contributed by atoms with Crippen LogP contribution in [0.5, 0.6) is 11.5 Å². The van der Waals surface area contributed by atoms with Gasteiger partial charge in [0, 0.05) is 17.8 Å². The number of ether oxygens (including phenoxy) is 2. The van der Waals surface area contributed by atoms with Crippen LogP contribution < -0.4 is 14.2 Å². The molecule has 1 heterocycles. The molecular formula is C22H25N3O4S. The van der Waals surface area contributed by atoms with Crippen LogP contribution >= 0.6 is 0 Å². The van der Waals surface area contributed by atoms with Crippen LogP contribution in [0, 0.1) is 0 Å². The maximum atomic E-state index is 13.4. The van der Waals surface area contributed by atoms with E-state index in [1.54, 1.807) is 24.4 Å². The van der Waals surface area contributed by atoms with Crippen molar-refractivity contribution in [2.45, 2.75) is 36.6 Å². The maximum Gasteiger partial charge on any atom is 0.265 e. The molecule has 0 spiro atoms. The van der Waals surface area contributed by atoms with Crippen molar-refractivity contribution >= 4 is 15.7 Å². The molecule has 0 unspecified atom stereocenters. The van der Waals surface area contributed by atoms with E-state index in [1.165, 1.54) is 14.2 Å². The minimum Gasteiger partial charge on any atom is -0.497 e. The minimum atomic E-state index is -3.93. The monoisotopic (exact) mass is 427 g/mol. The van der Waals surface area contributed by atoms with Crippen LogP contribution in [-0.2, 0) is 10.0 Å². The quantitative estimate of drug-likeness (QED) is 0.601. The molecule has 1 aromatic heterocycles. The molecule has 1 N–H and O–H groups in total. The number of benzene rings is 2. The van der Waals surface area contributed by atoms with Gasteiger partial charge in [-0.1, -0.05) is 43.2 Å². The van der Waals surface area contributed by atoms with Gasteiger partial charge in [-0.15, -0.1) is 0 Å². The lowest BCUT2D eigenvalue weighted by Crippen LogP contribution is -2.14. The molecule has 0 aliphatic heterocycles. The molecule has 0 atom stereocenters. The van der Waals surface area contributed by atoms with E-state index in [-0.39, 0.29) is 10.9 Å². The number of rotatable bonds is 7. The van der Waals surface area contributed by atoms with Gasteiger partial charge < -0.3 is 9.47 Å². The zero-order chi connectivity index (χ0) is 21.1. The highest BCUT2D eigenvalue weighted by molar-refractivity contribution is 7.92. The molecule has 1 aliphatic rings. The molecule has 7 nitrogen and oxygen atoms in total. The van der Waals surface area contributed by atoms with E-state index in [0.29, 0.717) is 22.9 Å². The molecule has 4 rings (SSSR count). The number of nitrogens with one attached hydrogen (secondary N) is 1. The number of nitrogens with zero attached hydrogens (tertiary/aromatic N) is 2. The van der Waals surface area contributed by atoms with Crippen molar-refractivity contribution in [1.82, 2.24) is 9.78 Å². The number of hydrogen-bond acceptors (Lipinski definition) is 5. The number of hydrogen-bond donors (Lipinski definition) is 1. The number of aromatic nitrogens is 2. The molecule has 2 aromatic carbocycles. The lowest BCUT2D eigenvalue weighted by Gasteiger charge is -2.13. The molecule has 30 heavy (non-hydrogen) atoms. The van der Waals surface area contributed by atoms with Crippen molar-refractivity contribution in [3.63, 3.8) is 0 Å². The standard InChI is InChI=1S/C22H25N3O4S/c1-28-18-12-13-20(29-2)19(14-18)24-30(26,27)21-15-25(17-10-6-7-11-17)23-22(21)16-8-4-3-5-9-16/h3-5,8-9,12-15,17,24H,6-7,10-11H2,1-2H3. The summed E-state index contributed by atoms with van der Waals surface area (Å²) in [6, 6.07) is 14.6. The predicted octanol–water partition coefficient (Wildman–Crippen LogP) is 4.48. The molecule has 0 bridgehead atoms. The third-order valence-corrected chi connectivity index (χ3v) is 6.75. The smallest absolute Gasteiger partial charge is 0.265 e. The third-order valence-electron chi connectivity index (χ3n) is 5.38. The van der Waals surface area contributed by atoms with Crippen molar-refractivity contribution in [2.75, 3.05) is 18.9 Å². The Balaban J connectivity index is 1.78. The van der Waals surface area contributed by atoms with E-state index < -0.39 is 10.0 Å². The van der Waals surface area contributed by atoms with Gasteiger partial charge in [0.05, 0.1) is 25.9 Å². The summed E-state index contributed by atoms with van der Waals surface area (Å²) in [6.07, 6.45) is 5.92. The molecule has 0 amide bonds. The first-order valence-electron chi connectivity index (χ1n) is 9.91. The summed E-state index contributed by atoms with van der Waals surface area (Å²) in [4.78, 5) is 0.144. The van der Waals surface area contributed by atoms with Gasteiger partial charge in [0.25, 0.3) is 10.0 Å². The molecule has 1 saturated carbocycles. The summed E-state index contributed by atoms with van der Waals surface area (Å²) in [6.45, 7) is 0. The van der Waals surface area contributed by atoms with Crippen LogP contribution in [0.2, 0.25) is 0 Å². The summed E-state index contributed by atoms with van der Waals surface area (Å²) < 4.78 is 41.9. The summed E-state index contributed by atoms with van der Waals surface area (Å²) in [5.41, 5.74) is 1.51. The van der Waals surface area contributed by atoms with E-state index in [9.17, 15) is 8.42 Å². The minimum absolute atomic E-state index is 0.144. The van der Waals surface area contributed by atoms with Gasteiger partial charge in [-0.2, -0.15) is 5.10 Å². The van der Waals surface area contributed by atoms with Gasteiger partial charge >= 0.3 is 0 Å². The first-order chi connectivity index (χ1) is 14.5. The Bertz CT molecular complexity index is 1120. The molecule has 158 valence electrons. The van der Waals surface area contributed by atoms with Gasteiger partial charge in [0.1, 0.15) is 22.1 Å². The van der Waals surface area contributed by atoms with Crippen LogP contribution in [0.15, 0.2) is 59.6 Å². The van der Waals surface area contributed by atoms with Crippen LogP contribution in [0.25, 0.3) is 11.3 Å². The zero-order valence-corrected chi connectivity index (χ0v) is 17.9. The fourth-order valence-electron chi connectivity index (χ4n) is 3.82. The van der Waals surface area contributed by atoms with Crippen molar-refractivity contribution in [2.24, 2.45) is 0 Å². The topological polar surface area (TPSA) is 82.5 Å². The van der Waals surface area contributed by atoms with Gasteiger partial charge in [0.15, 0.2) is 0 Å². The molecular weight excluding hydrogens is 402 g/mol. The number of methoxy groups -OCH3 is 2. The van der Waals surface area contributed by atoms with E-state index in [4.69, 9.17) is 9.47 Å². The second-order valence-electron chi connectivity index (χ2n) is 7.30. The molecule has 1 aliphatic carbocycles. The van der Waals surface area contributed by atoms with Gasteiger partial charge in [-0.3, -0.25) is 9.40 Å². The Labute approximate surface area is 176 Å². The van der Waals surface area contributed by atoms with Gasteiger partial charge in [0.2, 0.25) is 0 Å². The first kappa shape index (κ1) is 20.3. The van der Waals surface area contributed by atoms with Gasteiger partial charge in [-0.25, -0.2) is 8.42 Å². The highest BCUT2D eigenvalue weighted by atomic mass is 32.2. The number of sulfonamides is 1. The molecule has 0 saturated heterocycles. The zero-order valence-electron chi connectivity index (χ0n) is 17.0. The summed E-state index contributed by atoms with van der Waals surface area (Å²) in [7, 11) is -0.907. The lowest BCUT2D eigenvalue weighted by atomic mass is 10.2. The van der Waals surface area contributed by atoms with Gasteiger partial charge in [-0.05, 0) is 25.0 Å². The molecule has 8 heteroatoms. The SMILES string of the molecule is COc1ccc(OC)c(NS(=O)(=O)c2cn(C3CCCC3)nc2-c2ccccc2)c1. The van der Waals surface area contributed by atoms with Crippen molar-refractivity contribution in [3.05, 3.63) is 54.7 Å². The average molecular weight is 428 g/mol. The Hall–Kier alpha value is -3.00. The van der Waals surface area contributed by atoms with E-state index in [1.807, 2.05) is 35.0 Å². The fraction of sp³-hybridized carbons (Fsp3) is 0.318. The van der Waals surface area contributed by atoms with Crippen LogP contribution in [0.1, 0.15) is 31.7 Å². The second-order valence-corrected chi connectivity index (χ2v) is 8.95. The Morgan fingerprint density at radius 1 is 1.03 bits per heavy atom. The molecule has 1 fully saturated rings. The Kier molecular flexibility index (Phi) is 5.67. The third kappa shape index (κ3) is 4.00. The van der Waals surface area contributed by atoms with Crippen LogP contribution in [-0.4, -0.2) is 32.4 Å². The van der Waals surface area contributed by atoms with Crippen molar-refractivity contribution < 1.29 is 17.9 Å². The Morgan fingerprint density at radius 2 is 1.77 bits per heavy atom. The van der Waals surface area contributed by atoms with Crippen LogP contribution in [0.4, 0.5) is 5.69 Å². The fourth-order valence-corrected chi connectivity index (χ4v) is 5.04. The number of anilines is 1. The highest BCUT2D eigenvalue weighted by Gasteiger charge is 2.28. The summed E-state index contributed by atoms with van der Waals surface area (Å²) in [5, 5.41) is 4.69. The highest BCUT2D eigenvalue weighted by Crippen LogP contribution is 2.35. The van der Waals surface area contributed by atoms with E-state index in [0.717, 1.165) is 31.2 Å². The normalized spacial score (nSPS) is 14.6. The van der Waals surface area contributed by atoms with E-state index >= 15 is 0 Å². The average Bonchev–Trinajstić information content (AvgIpc) is 3.44. The summed E-state index contributed by atoms with van der Waals surface area (Å²) >= 11 is 0. The second kappa shape index (κ2) is 8.39. The van der Waals surface area contributed by atoms with Crippen molar-refractivity contribution in [1.29, 1.82) is 0 Å². The Morgan fingerprint density at radius 3 is 2.43 bits per heavy atom. The van der Waals surface area contributed by atoms with Crippen LogP contribution in [0.3, 0.4) is 0 Å². The summed E-state index contributed by atoms with van der Waals surface area (Å²) in [5.74, 6) is 0.933. The first-order valence-corrected chi connectivity index (χ1v) is 11.4. The largest absolute Gasteiger partial charge is 0.497 e.